The molecule has 0 aliphatic heterocycles. The summed E-state index contributed by atoms with van der Waals surface area (Å²) in [4.78, 5) is 11.0. The Labute approximate surface area is 153 Å². The topological polar surface area (TPSA) is 37.3 Å². The summed E-state index contributed by atoms with van der Waals surface area (Å²) in [6.45, 7) is 0. The molecule has 2 atom stereocenters. The Kier molecular flexibility index (Phi) is 4.22. The number of carboxylic acid groups (broad SMARTS) is 1. The van der Waals surface area contributed by atoms with Gasteiger partial charge in [0.1, 0.15) is 17.5 Å². The Morgan fingerprint density at radius 1 is 0.815 bits per heavy atom. The van der Waals surface area contributed by atoms with Crippen LogP contribution in [0.5, 0.6) is 0 Å². The number of aliphatic carboxylic acids is 1. The molecule has 0 spiro atoms. The van der Waals surface area contributed by atoms with Gasteiger partial charge in [-0.25, -0.2) is 13.2 Å². The molecule has 27 heavy (non-hydrogen) atoms. The molecule has 1 saturated carbocycles. The van der Waals surface area contributed by atoms with Crippen molar-refractivity contribution < 1.29 is 23.1 Å². The van der Waals surface area contributed by atoms with Crippen LogP contribution in [0.1, 0.15) is 17.9 Å². The lowest BCUT2D eigenvalue weighted by atomic mass is 9.97. The second-order valence-corrected chi connectivity index (χ2v) is 6.72. The molecule has 1 N–H and O–H groups in total. The fraction of sp³-hybridized carbons (Fsp3) is 0.136. The van der Waals surface area contributed by atoms with Crippen LogP contribution in [0.15, 0.2) is 60.7 Å². The summed E-state index contributed by atoms with van der Waals surface area (Å²) in [5.41, 5.74) is 2.26. The van der Waals surface area contributed by atoms with E-state index in [1.54, 1.807) is 30.3 Å². The maximum atomic E-state index is 14.6. The van der Waals surface area contributed by atoms with Crippen LogP contribution in [0.4, 0.5) is 13.2 Å². The van der Waals surface area contributed by atoms with Crippen LogP contribution in [0.3, 0.4) is 0 Å². The molecule has 0 heterocycles. The molecule has 3 aromatic rings. The van der Waals surface area contributed by atoms with E-state index in [1.165, 1.54) is 30.3 Å². The van der Waals surface area contributed by atoms with Crippen LogP contribution < -0.4 is 0 Å². The minimum Gasteiger partial charge on any atom is -0.481 e. The van der Waals surface area contributed by atoms with Gasteiger partial charge in [0.25, 0.3) is 0 Å². The Hall–Kier alpha value is -3.08. The van der Waals surface area contributed by atoms with Crippen LogP contribution in [-0.4, -0.2) is 11.1 Å². The number of carbonyl (C=O) groups is 1. The minimum atomic E-state index is -0.925. The Morgan fingerprint density at radius 2 is 1.44 bits per heavy atom. The van der Waals surface area contributed by atoms with E-state index in [0.29, 0.717) is 28.7 Å². The largest absolute Gasteiger partial charge is 0.481 e. The SMILES string of the molecule is O=C(O)C1CC1c1ccc(-c2ccc(-c3ccc(F)cc3)cc2F)cc1F. The zero-order chi connectivity index (χ0) is 19.1. The summed E-state index contributed by atoms with van der Waals surface area (Å²) in [5.74, 6) is -3.19. The van der Waals surface area contributed by atoms with Gasteiger partial charge < -0.3 is 5.11 Å². The highest BCUT2D eigenvalue weighted by Gasteiger charge is 2.45. The zero-order valence-electron chi connectivity index (χ0n) is 14.1. The lowest BCUT2D eigenvalue weighted by Gasteiger charge is -2.09. The van der Waals surface area contributed by atoms with Crippen molar-refractivity contribution in [2.24, 2.45) is 5.92 Å². The number of hydrogen-bond donors (Lipinski definition) is 1. The van der Waals surface area contributed by atoms with E-state index in [9.17, 15) is 18.0 Å². The van der Waals surface area contributed by atoms with Gasteiger partial charge in [0.15, 0.2) is 0 Å². The van der Waals surface area contributed by atoms with Crippen molar-refractivity contribution in [1.82, 2.24) is 0 Å². The highest BCUT2D eigenvalue weighted by Crippen LogP contribution is 2.48. The van der Waals surface area contributed by atoms with E-state index < -0.39 is 23.5 Å². The molecule has 1 fully saturated rings. The molecule has 0 radical (unpaired) electrons. The molecule has 3 aromatic carbocycles. The first-order valence-corrected chi connectivity index (χ1v) is 8.52. The summed E-state index contributed by atoms with van der Waals surface area (Å²) >= 11 is 0. The molecule has 0 aromatic heterocycles. The second kappa shape index (κ2) is 6.58. The number of hydrogen-bond acceptors (Lipinski definition) is 1. The van der Waals surface area contributed by atoms with Crippen molar-refractivity contribution in [3.8, 4) is 22.3 Å². The fourth-order valence-corrected chi connectivity index (χ4v) is 3.38. The normalized spacial score (nSPS) is 18.3. The average molecular weight is 368 g/mol. The van der Waals surface area contributed by atoms with Gasteiger partial charge in [-0.1, -0.05) is 36.4 Å². The molecular weight excluding hydrogens is 353 g/mol. The molecule has 4 rings (SSSR count). The number of rotatable bonds is 4. The lowest BCUT2D eigenvalue weighted by molar-refractivity contribution is -0.138. The first kappa shape index (κ1) is 17.3. The smallest absolute Gasteiger partial charge is 0.307 e. The van der Waals surface area contributed by atoms with Crippen LogP contribution in [0.25, 0.3) is 22.3 Å². The summed E-state index contributed by atoms with van der Waals surface area (Å²) in [6, 6.07) is 14.7. The van der Waals surface area contributed by atoms with E-state index >= 15 is 0 Å². The maximum absolute atomic E-state index is 14.6. The van der Waals surface area contributed by atoms with Gasteiger partial charge in [0, 0.05) is 11.5 Å². The van der Waals surface area contributed by atoms with Gasteiger partial charge in [-0.2, -0.15) is 0 Å². The summed E-state index contributed by atoms with van der Waals surface area (Å²) in [5, 5.41) is 8.99. The molecule has 0 amide bonds. The minimum absolute atomic E-state index is 0.247. The van der Waals surface area contributed by atoms with Crippen LogP contribution in [0, 0.1) is 23.4 Å². The third-order valence-electron chi connectivity index (χ3n) is 4.97. The average Bonchev–Trinajstić information content (AvgIpc) is 3.43. The van der Waals surface area contributed by atoms with Crippen molar-refractivity contribution >= 4 is 5.97 Å². The van der Waals surface area contributed by atoms with E-state index in [0.717, 1.165) is 0 Å². The van der Waals surface area contributed by atoms with Crippen molar-refractivity contribution in [2.45, 2.75) is 12.3 Å². The molecule has 1 aliphatic carbocycles. The molecule has 1 aliphatic rings. The van der Waals surface area contributed by atoms with Gasteiger partial charge >= 0.3 is 5.97 Å². The van der Waals surface area contributed by atoms with Gasteiger partial charge in [0.2, 0.25) is 0 Å². The van der Waals surface area contributed by atoms with Gasteiger partial charge in [0.05, 0.1) is 5.92 Å². The molecule has 0 saturated heterocycles. The Bertz CT molecular complexity index is 1030. The summed E-state index contributed by atoms with van der Waals surface area (Å²) in [7, 11) is 0. The summed E-state index contributed by atoms with van der Waals surface area (Å²) < 4.78 is 42.0. The van der Waals surface area contributed by atoms with Crippen LogP contribution in [0.2, 0.25) is 0 Å². The lowest BCUT2D eigenvalue weighted by Crippen LogP contribution is -2.00. The zero-order valence-corrected chi connectivity index (χ0v) is 14.1. The maximum Gasteiger partial charge on any atom is 0.307 e. The summed E-state index contributed by atoms with van der Waals surface area (Å²) in [6.07, 6.45) is 0.423. The third kappa shape index (κ3) is 3.33. The van der Waals surface area contributed by atoms with Gasteiger partial charge in [-0.05, 0) is 52.9 Å². The van der Waals surface area contributed by atoms with E-state index in [1.807, 2.05) is 0 Å². The highest BCUT2D eigenvalue weighted by molar-refractivity contribution is 5.76. The van der Waals surface area contributed by atoms with Crippen molar-refractivity contribution in [3.63, 3.8) is 0 Å². The fourth-order valence-electron chi connectivity index (χ4n) is 3.38. The first-order valence-electron chi connectivity index (χ1n) is 8.52. The van der Waals surface area contributed by atoms with Crippen molar-refractivity contribution in [2.75, 3.05) is 0 Å². The predicted molar refractivity (Wildman–Crippen MR) is 95.7 cm³/mol. The number of benzene rings is 3. The quantitative estimate of drug-likeness (QED) is 0.648. The molecule has 2 nitrogen and oxygen atoms in total. The standard InChI is InChI=1S/C22H15F3O2/c23-15-5-1-12(2-6-15)13-3-7-16(20(24)9-13)14-4-8-17(21(25)10-14)18-11-19(18)22(26)27/h1-10,18-19H,11H2,(H,26,27). The first-order chi connectivity index (χ1) is 12.9. The molecule has 136 valence electrons. The van der Waals surface area contributed by atoms with E-state index in [4.69, 9.17) is 5.11 Å². The second-order valence-electron chi connectivity index (χ2n) is 6.72. The molecule has 5 heteroatoms. The predicted octanol–water partition coefficient (Wildman–Crippen LogP) is 5.63. The van der Waals surface area contributed by atoms with Crippen molar-refractivity contribution in [3.05, 3.63) is 83.7 Å². The van der Waals surface area contributed by atoms with E-state index in [2.05, 4.69) is 0 Å². The van der Waals surface area contributed by atoms with Gasteiger partial charge in [-0.3, -0.25) is 4.79 Å². The Morgan fingerprint density at radius 3 is 2.04 bits per heavy atom. The Balaban J connectivity index is 1.63. The third-order valence-corrected chi connectivity index (χ3v) is 4.97. The molecular formula is C22H15F3O2. The molecule has 0 bridgehead atoms. The number of halogens is 3. The van der Waals surface area contributed by atoms with Crippen molar-refractivity contribution in [1.29, 1.82) is 0 Å². The monoisotopic (exact) mass is 368 g/mol. The van der Waals surface area contributed by atoms with E-state index in [-0.39, 0.29) is 17.3 Å². The highest BCUT2D eigenvalue weighted by atomic mass is 19.1. The number of carboxylic acids is 1. The van der Waals surface area contributed by atoms with Crippen LogP contribution >= 0.6 is 0 Å². The molecule has 2 unspecified atom stereocenters. The van der Waals surface area contributed by atoms with Crippen LogP contribution in [-0.2, 0) is 4.79 Å². The van der Waals surface area contributed by atoms with Gasteiger partial charge in [-0.15, -0.1) is 0 Å².